The van der Waals surface area contributed by atoms with Crippen LogP contribution in [0.25, 0.3) is 0 Å². The van der Waals surface area contributed by atoms with E-state index in [0.29, 0.717) is 11.6 Å². The third kappa shape index (κ3) is 6.99. The molecule has 0 spiro atoms. The lowest BCUT2D eigenvalue weighted by Gasteiger charge is -2.22. The normalized spacial score (nSPS) is 19.8. The summed E-state index contributed by atoms with van der Waals surface area (Å²) in [4.78, 5) is 11.0. The number of hydrogen-bond donors (Lipinski definition) is 0. The summed E-state index contributed by atoms with van der Waals surface area (Å²) in [6, 6.07) is 1.32. The molecule has 0 heterocycles. The Morgan fingerprint density at radius 3 is 2.76 bits per heavy atom. The molecule has 100 valence electrons. The van der Waals surface area contributed by atoms with Gasteiger partial charge in [-0.05, 0) is 19.3 Å². The molecule has 0 amide bonds. The smallest absolute Gasteiger partial charge is 0.119 e. The largest absolute Gasteiger partial charge is 0.378 e. The highest BCUT2D eigenvalue weighted by Crippen LogP contribution is 2.21. The zero-order valence-electron chi connectivity index (χ0n) is 11.3. The van der Waals surface area contributed by atoms with Crippen LogP contribution in [0.2, 0.25) is 11.6 Å². The first-order chi connectivity index (χ1) is 8.36. The first kappa shape index (κ1) is 14.9. The summed E-state index contributed by atoms with van der Waals surface area (Å²) >= 11 is 0. The Kier molecular flexibility index (Phi) is 8.62. The Labute approximate surface area is 108 Å². The molecule has 0 radical (unpaired) electrons. The van der Waals surface area contributed by atoms with Crippen molar-refractivity contribution in [3.05, 3.63) is 0 Å². The molecular weight excluding hydrogens is 228 g/mol. The highest BCUT2D eigenvalue weighted by atomic mass is 28.2. The van der Waals surface area contributed by atoms with E-state index in [1.165, 1.54) is 57.3 Å². The van der Waals surface area contributed by atoms with Crippen molar-refractivity contribution < 1.29 is 9.53 Å². The average Bonchev–Trinajstić information content (AvgIpc) is 2.38. The van der Waals surface area contributed by atoms with E-state index in [9.17, 15) is 4.79 Å². The predicted octanol–water partition coefficient (Wildman–Crippen LogP) is 3.10. The third-order valence-electron chi connectivity index (χ3n) is 3.77. The van der Waals surface area contributed by atoms with E-state index < -0.39 is 0 Å². The van der Waals surface area contributed by atoms with E-state index in [1.54, 1.807) is 0 Å². The van der Waals surface area contributed by atoms with Gasteiger partial charge in [0.1, 0.15) is 6.29 Å². The second kappa shape index (κ2) is 9.83. The van der Waals surface area contributed by atoms with Gasteiger partial charge in [0.2, 0.25) is 0 Å². The van der Waals surface area contributed by atoms with Gasteiger partial charge >= 0.3 is 0 Å². The number of carbonyl (C=O) groups is 1. The van der Waals surface area contributed by atoms with Gasteiger partial charge in [-0.15, -0.1) is 0 Å². The number of carbonyl (C=O) groups excluding carboxylic acids is 1. The van der Waals surface area contributed by atoms with Crippen molar-refractivity contribution in [1.82, 2.24) is 0 Å². The minimum absolute atomic E-state index is 0.182. The van der Waals surface area contributed by atoms with Crippen molar-refractivity contribution in [3.8, 4) is 0 Å². The molecule has 0 bridgehead atoms. The first-order valence-electron chi connectivity index (χ1n) is 7.43. The number of unbranched alkanes of at least 4 members (excludes halogenated alkanes) is 1. The Morgan fingerprint density at radius 2 is 2.12 bits per heavy atom. The highest BCUT2D eigenvalue weighted by molar-refractivity contribution is 6.42. The van der Waals surface area contributed by atoms with Gasteiger partial charge < -0.3 is 9.53 Å². The van der Waals surface area contributed by atoms with Gasteiger partial charge in [0.25, 0.3) is 0 Å². The Morgan fingerprint density at radius 1 is 1.35 bits per heavy atom. The van der Waals surface area contributed by atoms with Crippen LogP contribution >= 0.6 is 0 Å². The maximum absolute atomic E-state index is 11.0. The van der Waals surface area contributed by atoms with Gasteiger partial charge in [-0.2, -0.15) is 0 Å². The summed E-state index contributed by atoms with van der Waals surface area (Å²) in [7, 11) is -0.182. The quantitative estimate of drug-likeness (QED) is 0.360. The van der Waals surface area contributed by atoms with Crippen molar-refractivity contribution in [1.29, 1.82) is 0 Å². The van der Waals surface area contributed by atoms with Gasteiger partial charge in [-0.1, -0.05) is 45.1 Å². The SMILES string of the molecule is CCCC[SiH2]C(C=O)CCOC1CCCCC1. The lowest BCUT2D eigenvalue weighted by molar-refractivity contribution is -0.108. The topological polar surface area (TPSA) is 26.3 Å². The molecule has 0 aliphatic heterocycles. The third-order valence-corrected chi connectivity index (χ3v) is 6.02. The fourth-order valence-corrected chi connectivity index (χ4v) is 4.46. The van der Waals surface area contributed by atoms with Gasteiger partial charge in [0.15, 0.2) is 0 Å². The lowest BCUT2D eigenvalue weighted by atomic mass is 9.98. The predicted molar refractivity (Wildman–Crippen MR) is 75.5 cm³/mol. The van der Waals surface area contributed by atoms with Crippen LogP contribution in [0.3, 0.4) is 0 Å². The number of ether oxygens (including phenoxy) is 1. The van der Waals surface area contributed by atoms with Crippen molar-refractivity contribution in [2.45, 2.75) is 76.0 Å². The van der Waals surface area contributed by atoms with Gasteiger partial charge in [0.05, 0.1) is 6.10 Å². The van der Waals surface area contributed by atoms with E-state index in [-0.39, 0.29) is 9.52 Å². The molecule has 0 N–H and O–H groups in total. The maximum Gasteiger partial charge on any atom is 0.119 e. The molecule has 1 fully saturated rings. The summed E-state index contributed by atoms with van der Waals surface area (Å²) in [5, 5.41) is 0. The monoisotopic (exact) mass is 256 g/mol. The summed E-state index contributed by atoms with van der Waals surface area (Å²) in [5.41, 5.74) is 0.366. The van der Waals surface area contributed by atoms with Crippen molar-refractivity contribution in [2.24, 2.45) is 0 Å². The number of hydrogen-bond acceptors (Lipinski definition) is 2. The Balaban J connectivity index is 2.03. The molecule has 1 aliphatic rings. The molecule has 1 aliphatic carbocycles. The van der Waals surface area contributed by atoms with Crippen molar-refractivity contribution in [2.75, 3.05) is 6.61 Å². The van der Waals surface area contributed by atoms with Crippen molar-refractivity contribution in [3.63, 3.8) is 0 Å². The molecule has 0 aromatic heterocycles. The molecule has 0 aromatic rings. The number of aldehydes is 1. The molecule has 3 heteroatoms. The van der Waals surface area contributed by atoms with Crippen molar-refractivity contribution >= 4 is 15.8 Å². The van der Waals surface area contributed by atoms with Crippen LogP contribution in [0.5, 0.6) is 0 Å². The van der Waals surface area contributed by atoms with Crippen LogP contribution in [-0.2, 0) is 9.53 Å². The molecule has 17 heavy (non-hydrogen) atoms. The van der Waals surface area contributed by atoms with E-state index in [1.807, 2.05) is 0 Å². The second-order valence-electron chi connectivity index (χ2n) is 5.31. The minimum Gasteiger partial charge on any atom is -0.378 e. The maximum atomic E-state index is 11.0. The van der Waals surface area contributed by atoms with Crippen LogP contribution in [0, 0.1) is 0 Å². The molecule has 2 nitrogen and oxygen atoms in total. The molecule has 0 saturated heterocycles. The van der Waals surface area contributed by atoms with Gasteiger partial charge in [0, 0.05) is 21.7 Å². The Bertz CT molecular complexity index is 191. The highest BCUT2D eigenvalue weighted by Gasteiger charge is 2.14. The molecular formula is C14H28O2Si. The van der Waals surface area contributed by atoms with Gasteiger partial charge in [-0.25, -0.2) is 0 Å². The zero-order chi connectivity index (χ0) is 12.3. The van der Waals surface area contributed by atoms with E-state index in [2.05, 4.69) is 6.92 Å². The summed E-state index contributed by atoms with van der Waals surface area (Å²) in [5.74, 6) is 0. The van der Waals surface area contributed by atoms with E-state index in [4.69, 9.17) is 4.74 Å². The van der Waals surface area contributed by atoms with Gasteiger partial charge in [-0.3, -0.25) is 0 Å². The average molecular weight is 256 g/mol. The molecule has 1 rings (SSSR count). The van der Waals surface area contributed by atoms with Crippen LogP contribution in [0.1, 0.15) is 58.3 Å². The van der Waals surface area contributed by atoms with Crippen LogP contribution < -0.4 is 0 Å². The molecule has 0 aromatic carbocycles. The fourth-order valence-electron chi connectivity index (χ4n) is 2.55. The zero-order valence-corrected chi connectivity index (χ0v) is 12.7. The number of rotatable bonds is 9. The van der Waals surface area contributed by atoms with E-state index >= 15 is 0 Å². The standard InChI is InChI=1S/C14H28O2Si/c1-2-3-11-17-14(12-15)9-10-16-13-7-5-4-6-8-13/h12-14H,2-11,17H2,1H3. The minimum atomic E-state index is -0.182. The lowest BCUT2D eigenvalue weighted by Crippen LogP contribution is -2.18. The first-order valence-corrected chi connectivity index (χ1v) is 9.25. The summed E-state index contributed by atoms with van der Waals surface area (Å²) in [6.07, 6.45) is 11.7. The fraction of sp³-hybridized carbons (Fsp3) is 0.929. The molecule has 1 saturated carbocycles. The Hall–Kier alpha value is -0.153. The summed E-state index contributed by atoms with van der Waals surface area (Å²) in [6.45, 7) is 3.03. The summed E-state index contributed by atoms with van der Waals surface area (Å²) < 4.78 is 5.88. The van der Waals surface area contributed by atoms with E-state index in [0.717, 1.165) is 13.0 Å². The van der Waals surface area contributed by atoms with Crippen LogP contribution in [0.4, 0.5) is 0 Å². The second-order valence-corrected chi connectivity index (χ2v) is 7.64. The molecule has 1 atom stereocenters. The van der Waals surface area contributed by atoms with Crippen LogP contribution in [0.15, 0.2) is 0 Å². The van der Waals surface area contributed by atoms with Crippen LogP contribution in [-0.4, -0.2) is 28.5 Å². The molecule has 1 unspecified atom stereocenters.